The Morgan fingerprint density at radius 3 is 2.69 bits per heavy atom. The highest BCUT2D eigenvalue weighted by atomic mass is 79.9. The van der Waals surface area contributed by atoms with Gasteiger partial charge in [0.15, 0.2) is 0 Å². The summed E-state index contributed by atoms with van der Waals surface area (Å²) in [6.07, 6.45) is 4.42. The lowest BCUT2D eigenvalue weighted by atomic mass is 10.2. The number of nitrogens with zero attached hydrogens (tertiary/aromatic N) is 2. The maximum Gasteiger partial charge on any atom is 0.270 e. The van der Waals surface area contributed by atoms with E-state index in [-0.39, 0.29) is 5.91 Å². The topological polar surface area (TPSA) is 25.2 Å². The van der Waals surface area contributed by atoms with Crippen LogP contribution in [0.1, 0.15) is 30.3 Å². The van der Waals surface area contributed by atoms with Crippen molar-refractivity contribution in [2.45, 2.75) is 25.8 Å². The van der Waals surface area contributed by atoms with Crippen LogP contribution in [0.5, 0.6) is 0 Å². The van der Waals surface area contributed by atoms with Crippen LogP contribution in [0, 0.1) is 5.92 Å². The Morgan fingerprint density at radius 1 is 1.62 bits per heavy atom. The first-order valence-corrected chi connectivity index (χ1v) is 6.39. The third kappa shape index (κ3) is 2.17. The molecule has 1 unspecified atom stereocenters. The molecule has 1 heterocycles. The molecule has 1 amide bonds. The molecule has 2 rings (SSSR count). The maximum absolute atomic E-state index is 12.2. The number of hydrogen-bond acceptors (Lipinski definition) is 1. The summed E-state index contributed by atoms with van der Waals surface area (Å²) in [5, 5.41) is 0. The highest BCUT2D eigenvalue weighted by molar-refractivity contribution is 9.10. The van der Waals surface area contributed by atoms with E-state index < -0.39 is 0 Å². The number of hydrogen-bond donors (Lipinski definition) is 0. The number of carbonyl (C=O) groups excluding carboxylic acids is 1. The Morgan fingerprint density at radius 2 is 2.25 bits per heavy atom. The van der Waals surface area contributed by atoms with Crippen LogP contribution in [0.2, 0.25) is 0 Å². The summed E-state index contributed by atoms with van der Waals surface area (Å²) in [6.45, 7) is 2.13. The summed E-state index contributed by atoms with van der Waals surface area (Å²) in [5.41, 5.74) is 0.738. The first kappa shape index (κ1) is 11.7. The fraction of sp³-hybridized carbons (Fsp3) is 0.583. The second-order valence-electron chi connectivity index (χ2n) is 4.65. The van der Waals surface area contributed by atoms with Crippen molar-refractivity contribution in [3.63, 3.8) is 0 Å². The number of aryl methyl sites for hydroxylation is 1. The van der Waals surface area contributed by atoms with Crippen molar-refractivity contribution in [2.75, 3.05) is 7.05 Å². The molecule has 4 heteroatoms. The summed E-state index contributed by atoms with van der Waals surface area (Å²) in [5.74, 6) is 0.810. The lowest BCUT2D eigenvalue weighted by Crippen LogP contribution is -2.37. The summed E-state index contributed by atoms with van der Waals surface area (Å²) < 4.78 is 2.81. The molecule has 3 nitrogen and oxygen atoms in total. The van der Waals surface area contributed by atoms with Crippen LogP contribution in [-0.4, -0.2) is 28.5 Å². The van der Waals surface area contributed by atoms with Crippen LogP contribution < -0.4 is 0 Å². The Hall–Kier alpha value is -0.770. The van der Waals surface area contributed by atoms with Crippen LogP contribution in [0.15, 0.2) is 16.7 Å². The molecule has 16 heavy (non-hydrogen) atoms. The Balaban J connectivity index is 2.14. The van der Waals surface area contributed by atoms with E-state index >= 15 is 0 Å². The largest absolute Gasteiger partial charge is 0.345 e. The van der Waals surface area contributed by atoms with Gasteiger partial charge < -0.3 is 9.47 Å². The molecule has 1 aliphatic carbocycles. The zero-order valence-electron chi connectivity index (χ0n) is 9.90. The average Bonchev–Trinajstić information content (AvgIpc) is 3.02. The van der Waals surface area contributed by atoms with E-state index in [1.54, 1.807) is 0 Å². The minimum absolute atomic E-state index is 0.104. The third-order valence-electron chi connectivity index (χ3n) is 3.43. The Labute approximate surface area is 105 Å². The standard InChI is InChI=1S/C12H17BrN2O/c1-8(9-4-5-9)15(3)12(16)11-6-10(13)7-14(11)2/h6-9H,4-5H2,1-3H3. The molecule has 1 saturated carbocycles. The molecule has 0 aromatic carbocycles. The molecule has 1 atom stereocenters. The predicted molar refractivity (Wildman–Crippen MR) is 67.4 cm³/mol. The fourth-order valence-electron chi connectivity index (χ4n) is 2.00. The Kier molecular flexibility index (Phi) is 3.10. The van der Waals surface area contributed by atoms with E-state index in [0.717, 1.165) is 10.2 Å². The molecule has 0 bridgehead atoms. The molecular weight excluding hydrogens is 268 g/mol. The van der Waals surface area contributed by atoms with Gasteiger partial charge in [-0.2, -0.15) is 0 Å². The fourth-order valence-corrected chi connectivity index (χ4v) is 2.52. The summed E-state index contributed by atoms with van der Waals surface area (Å²) in [7, 11) is 3.79. The van der Waals surface area contributed by atoms with E-state index in [1.165, 1.54) is 12.8 Å². The van der Waals surface area contributed by atoms with Gasteiger partial charge in [0, 0.05) is 30.8 Å². The van der Waals surface area contributed by atoms with Gasteiger partial charge in [0.2, 0.25) is 0 Å². The van der Waals surface area contributed by atoms with Crippen LogP contribution >= 0.6 is 15.9 Å². The monoisotopic (exact) mass is 284 g/mol. The molecule has 1 aliphatic rings. The quantitative estimate of drug-likeness (QED) is 0.838. The van der Waals surface area contributed by atoms with Gasteiger partial charge in [0.1, 0.15) is 5.69 Å². The van der Waals surface area contributed by atoms with E-state index in [4.69, 9.17) is 0 Å². The number of rotatable bonds is 3. The zero-order valence-corrected chi connectivity index (χ0v) is 11.5. The smallest absolute Gasteiger partial charge is 0.270 e. The SMILES string of the molecule is CC(C1CC1)N(C)C(=O)c1cc(Br)cn1C. The van der Waals surface area contributed by atoms with Gasteiger partial charge in [-0.1, -0.05) is 0 Å². The van der Waals surface area contributed by atoms with Crippen LogP contribution in [0.3, 0.4) is 0 Å². The maximum atomic E-state index is 12.2. The van der Waals surface area contributed by atoms with Crippen LogP contribution in [-0.2, 0) is 7.05 Å². The highest BCUT2D eigenvalue weighted by Gasteiger charge is 2.33. The van der Waals surface area contributed by atoms with Crippen molar-refractivity contribution in [1.82, 2.24) is 9.47 Å². The van der Waals surface area contributed by atoms with Gasteiger partial charge in [0.05, 0.1) is 0 Å². The molecule has 1 fully saturated rings. The van der Waals surface area contributed by atoms with Crippen molar-refractivity contribution in [1.29, 1.82) is 0 Å². The van der Waals surface area contributed by atoms with Gasteiger partial charge in [-0.15, -0.1) is 0 Å². The molecule has 88 valence electrons. The van der Waals surface area contributed by atoms with Crippen molar-refractivity contribution in [2.24, 2.45) is 13.0 Å². The van der Waals surface area contributed by atoms with E-state index in [0.29, 0.717) is 12.0 Å². The van der Waals surface area contributed by atoms with Gasteiger partial charge in [-0.05, 0) is 47.7 Å². The minimum atomic E-state index is 0.104. The van der Waals surface area contributed by atoms with E-state index in [2.05, 4.69) is 22.9 Å². The van der Waals surface area contributed by atoms with Crippen molar-refractivity contribution >= 4 is 21.8 Å². The third-order valence-corrected chi connectivity index (χ3v) is 3.86. The predicted octanol–water partition coefficient (Wildman–Crippen LogP) is 2.66. The van der Waals surface area contributed by atoms with E-state index in [1.807, 2.05) is 35.8 Å². The summed E-state index contributed by atoms with van der Waals surface area (Å²) >= 11 is 3.39. The minimum Gasteiger partial charge on any atom is -0.345 e. The van der Waals surface area contributed by atoms with Crippen LogP contribution in [0.25, 0.3) is 0 Å². The number of amides is 1. The molecule has 1 aromatic heterocycles. The lowest BCUT2D eigenvalue weighted by molar-refractivity contribution is 0.0717. The van der Waals surface area contributed by atoms with E-state index in [9.17, 15) is 4.79 Å². The molecule has 0 aliphatic heterocycles. The molecular formula is C12H17BrN2O. The first-order chi connectivity index (χ1) is 7.50. The summed E-state index contributed by atoms with van der Waals surface area (Å²) in [4.78, 5) is 14.1. The molecule has 0 saturated heterocycles. The highest BCUT2D eigenvalue weighted by Crippen LogP contribution is 2.35. The van der Waals surface area contributed by atoms with Crippen molar-refractivity contribution in [3.05, 3.63) is 22.4 Å². The Bertz CT molecular complexity index is 409. The molecule has 0 N–H and O–H groups in total. The second kappa shape index (κ2) is 4.24. The van der Waals surface area contributed by atoms with Gasteiger partial charge >= 0.3 is 0 Å². The zero-order chi connectivity index (χ0) is 11.9. The number of aromatic nitrogens is 1. The first-order valence-electron chi connectivity index (χ1n) is 5.59. The lowest BCUT2D eigenvalue weighted by Gasteiger charge is -2.24. The van der Waals surface area contributed by atoms with Gasteiger partial charge in [-0.3, -0.25) is 4.79 Å². The molecule has 0 radical (unpaired) electrons. The molecule has 1 aromatic rings. The second-order valence-corrected chi connectivity index (χ2v) is 5.56. The normalized spacial score (nSPS) is 17.2. The number of carbonyl (C=O) groups is 1. The summed E-state index contributed by atoms with van der Waals surface area (Å²) in [6, 6.07) is 2.22. The van der Waals surface area contributed by atoms with Gasteiger partial charge in [0.25, 0.3) is 5.91 Å². The average molecular weight is 285 g/mol. The molecule has 0 spiro atoms. The number of halogens is 1. The van der Waals surface area contributed by atoms with Crippen molar-refractivity contribution < 1.29 is 4.79 Å². The van der Waals surface area contributed by atoms with Crippen molar-refractivity contribution in [3.8, 4) is 0 Å². The van der Waals surface area contributed by atoms with Crippen LogP contribution in [0.4, 0.5) is 0 Å². The van der Waals surface area contributed by atoms with Gasteiger partial charge in [-0.25, -0.2) is 0 Å².